The van der Waals surface area contributed by atoms with Gasteiger partial charge in [-0.05, 0) is 41.7 Å². The number of hydrogen-bond donors (Lipinski definition) is 0. The topological polar surface area (TPSA) is 22.0 Å². The Bertz CT molecular complexity index is 409. The third-order valence-corrected chi connectivity index (χ3v) is 3.82. The largest absolute Gasteiger partial charge is 0.294 e. The molecule has 16 heavy (non-hydrogen) atoms. The molecule has 0 aliphatic heterocycles. The van der Waals surface area contributed by atoms with Crippen LogP contribution in [0.15, 0.2) is 12.4 Å². The lowest BCUT2D eigenvalue weighted by Gasteiger charge is -2.33. The van der Waals surface area contributed by atoms with E-state index in [0.29, 0.717) is 5.41 Å². The van der Waals surface area contributed by atoms with Crippen LogP contribution in [0.4, 0.5) is 0 Å². The Labute approximate surface area is 97.7 Å². The molecular weight excluding hydrogens is 198 g/mol. The van der Waals surface area contributed by atoms with Crippen molar-refractivity contribution in [1.29, 1.82) is 0 Å². The first kappa shape index (κ1) is 11.4. The van der Waals surface area contributed by atoms with Crippen molar-refractivity contribution >= 4 is 5.91 Å². The first-order valence-corrected chi connectivity index (χ1v) is 6.08. The summed E-state index contributed by atoms with van der Waals surface area (Å²) >= 11 is 0. The smallest absolute Gasteiger partial charge is 0.227 e. The van der Waals surface area contributed by atoms with Gasteiger partial charge in [-0.15, -0.1) is 0 Å². The van der Waals surface area contributed by atoms with Crippen LogP contribution in [0.5, 0.6) is 0 Å². The molecule has 0 amide bonds. The molecule has 1 aromatic rings. The van der Waals surface area contributed by atoms with E-state index in [-0.39, 0.29) is 5.91 Å². The molecule has 0 radical (unpaired) electrons. The Hall–Kier alpha value is -1.05. The van der Waals surface area contributed by atoms with E-state index >= 15 is 0 Å². The van der Waals surface area contributed by atoms with E-state index in [4.69, 9.17) is 0 Å². The maximum Gasteiger partial charge on any atom is 0.227 e. The van der Waals surface area contributed by atoms with Gasteiger partial charge < -0.3 is 0 Å². The molecule has 0 aromatic carbocycles. The average Bonchev–Trinajstić information content (AvgIpc) is 2.58. The summed E-state index contributed by atoms with van der Waals surface area (Å²) in [7, 11) is 0. The molecular formula is C14H21NO. The molecule has 2 nitrogen and oxygen atoms in total. The zero-order valence-electron chi connectivity index (χ0n) is 10.7. The zero-order chi connectivity index (χ0) is 11.9. The van der Waals surface area contributed by atoms with Crippen LogP contribution in [-0.2, 0) is 12.8 Å². The molecule has 88 valence electrons. The fourth-order valence-electron chi connectivity index (χ4n) is 2.57. The van der Waals surface area contributed by atoms with Crippen molar-refractivity contribution in [2.45, 2.75) is 47.0 Å². The third kappa shape index (κ3) is 2.06. The van der Waals surface area contributed by atoms with E-state index < -0.39 is 0 Å². The van der Waals surface area contributed by atoms with E-state index in [1.165, 1.54) is 17.5 Å². The molecule has 0 N–H and O–H groups in total. The summed E-state index contributed by atoms with van der Waals surface area (Å²) in [4.78, 5) is 11.3. The van der Waals surface area contributed by atoms with Crippen LogP contribution in [0.25, 0.3) is 0 Å². The summed E-state index contributed by atoms with van der Waals surface area (Å²) < 4.78 is 1.73. The lowest BCUT2D eigenvalue weighted by molar-refractivity contribution is 0.0936. The van der Waals surface area contributed by atoms with E-state index in [1.807, 2.05) is 12.4 Å². The van der Waals surface area contributed by atoms with Crippen molar-refractivity contribution in [3.8, 4) is 0 Å². The average molecular weight is 219 g/mol. The molecule has 2 heteroatoms. The molecule has 0 fully saturated rings. The van der Waals surface area contributed by atoms with Crippen LogP contribution in [0.1, 0.15) is 50.0 Å². The van der Waals surface area contributed by atoms with E-state index in [2.05, 4.69) is 20.8 Å². The van der Waals surface area contributed by atoms with Crippen molar-refractivity contribution in [2.24, 2.45) is 11.3 Å². The van der Waals surface area contributed by atoms with E-state index in [1.54, 1.807) is 11.5 Å². The fraction of sp³-hybridized carbons (Fsp3) is 0.643. The number of fused-ring (bicyclic) bond motifs is 1. The Morgan fingerprint density at radius 2 is 1.94 bits per heavy atom. The lowest BCUT2D eigenvalue weighted by Crippen LogP contribution is -2.26. The van der Waals surface area contributed by atoms with Gasteiger partial charge in [-0.3, -0.25) is 9.36 Å². The second-order valence-electron chi connectivity index (χ2n) is 6.04. The van der Waals surface area contributed by atoms with Gasteiger partial charge in [0.25, 0.3) is 0 Å². The number of aromatic nitrogens is 1. The van der Waals surface area contributed by atoms with Crippen LogP contribution < -0.4 is 0 Å². The number of carbonyl (C=O) groups is 1. The predicted molar refractivity (Wildman–Crippen MR) is 65.7 cm³/mol. The standard InChI is InChI=1S/C14H21NO/c1-10(16)15-8-11-5-6-13(14(2,3)4)7-12(11)9-15/h8-9,13H,5-7H2,1-4H3. The van der Waals surface area contributed by atoms with Gasteiger partial charge in [-0.1, -0.05) is 20.8 Å². The van der Waals surface area contributed by atoms with Gasteiger partial charge in [0, 0.05) is 19.3 Å². The molecule has 0 saturated carbocycles. The molecule has 1 aromatic heterocycles. The SMILES string of the molecule is CC(=O)n1cc2c(c1)CC(C(C)(C)C)CC2. The Balaban J connectivity index is 2.24. The summed E-state index contributed by atoms with van der Waals surface area (Å²) in [6.07, 6.45) is 7.53. The minimum atomic E-state index is 0.113. The van der Waals surface area contributed by atoms with Crippen molar-refractivity contribution in [2.75, 3.05) is 0 Å². The Morgan fingerprint density at radius 1 is 1.31 bits per heavy atom. The van der Waals surface area contributed by atoms with Crippen LogP contribution in [0.2, 0.25) is 0 Å². The fourth-order valence-corrected chi connectivity index (χ4v) is 2.57. The minimum absolute atomic E-state index is 0.113. The highest BCUT2D eigenvalue weighted by atomic mass is 16.1. The first-order valence-electron chi connectivity index (χ1n) is 6.08. The summed E-state index contributed by atoms with van der Waals surface area (Å²) in [5.74, 6) is 0.851. The second-order valence-corrected chi connectivity index (χ2v) is 6.04. The summed E-state index contributed by atoms with van der Waals surface area (Å²) in [5.41, 5.74) is 3.12. The highest BCUT2D eigenvalue weighted by Gasteiger charge is 2.29. The minimum Gasteiger partial charge on any atom is -0.294 e. The van der Waals surface area contributed by atoms with Gasteiger partial charge in [0.15, 0.2) is 0 Å². The zero-order valence-corrected chi connectivity index (χ0v) is 10.7. The quantitative estimate of drug-likeness (QED) is 0.656. The van der Waals surface area contributed by atoms with Crippen LogP contribution in [0.3, 0.4) is 0 Å². The molecule has 1 heterocycles. The molecule has 1 aliphatic carbocycles. The summed E-state index contributed by atoms with van der Waals surface area (Å²) in [6, 6.07) is 0. The number of nitrogens with zero attached hydrogens (tertiary/aromatic N) is 1. The van der Waals surface area contributed by atoms with Crippen molar-refractivity contribution < 1.29 is 4.79 Å². The maximum atomic E-state index is 11.3. The molecule has 0 bridgehead atoms. The van der Waals surface area contributed by atoms with Crippen molar-refractivity contribution in [1.82, 2.24) is 4.57 Å². The van der Waals surface area contributed by atoms with Gasteiger partial charge in [-0.25, -0.2) is 0 Å². The Kier molecular flexibility index (Phi) is 2.69. The first-order chi connectivity index (χ1) is 7.38. The summed E-state index contributed by atoms with van der Waals surface area (Å²) in [5, 5.41) is 0. The van der Waals surface area contributed by atoms with Gasteiger partial charge >= 0.3 is 0 Å². The molecule has 1 unspecified atom stereocenters. The highest BCUT2D eigenvalue weighted by Crippen LogP contribution is 2.37. The highest BCUT2D eigenvalue weighted by molar-refractivity contribution is 5.76. The second kappa shape index (κ2) is 3.76. The van der Waals surface area contributed by atoms with Gasteiger partial charge in [0.1, 0.15) is 0 Å². The normalized spacial score (nSPS) is 20.6. The lowest BCUT2D eigenvalue weighted by atomic mass is 9.71. The number of aryl methyl sites for hydroxylation is 1. The molecule has 2 rings (SSSR count). The molecule has 0 spiro atoms. The van der Waals surface area contributed by atoms with E-state index in [9.17, 15) is 4.79 Å². The Morgan fingerprint density at radius 3 is 2.50 bits per heavy atom. The van der Waals surface area contributed by atoms with Gasteiger partial charge in [0.2, 0.25) is 5.91 Å². The number of carbonyl (C=O) groups excluding carboxylic acids is 1. The van der Waals surface area contributed by atoms with Gasteiger partial charge in [0.05, 0.1) is 0 Å². The number of hydrogen-bond acceptors (Lipinski definition) is 1. The van der Waals surface area contributed by atoms with Crippen molar-refractivity contribution in [3.05, 3.63) is 23.5 Å². The molecule has 1 atom stereocenters. The molecule has 0 saturated heterocycles. The van der Waals surface area contributed by atoms with Crippen LogP contribution in [-0.4, -0.2) is 10.5 Å². The van der Waals surface area contributed by atoms with Crippen LogP contribution in [0, 0.1) is 11.3 Å². The number of rotatable bonds is 0. The monoisotopic (exact) mass is 219 g/mol. The predicted octanol–water partition coefficient (Wildman–Crippen LogP) is 3.30. The summed E-state index contributed by atoms with van der Waals surface area (Å²) in [6.45, 7) is 8.55. The van der Waals surface area contributed by atoms with Crippen LogP contribution >= 0.6 is 0 Å². The van der Waals surface area contributed by atoms with Crippen molar-refractivity contribution in [3.63, 3.8) is 0 Å². The maximum absolute atomic E-state index is 11.3. The van der Waals surface area contributed by atoms with Gasteiger partial charge in [-0.2, -0.15) is 0 Å². The molecule has 1 aliphatic rings. The van der Waals surface area contributed by atoms with E-state index in [0.717, 1.165) is 18.8 Å². The third-order valence-electron chi connectivity index (χ3n) is 3.82.